The fourth-order valence-electron chi connectivity index (χ4n) is 0.191. The van der Waals surface area contributed by atoms with Crippen molar-refractivity contribution in [3.05, 3.63) is 10.6 Å². The Morgan fingerprint density at radius 2 is 2.12 bits per heavy atom. The van der Waals surface area contributed by atoms with Crippen molar-refractivity contribution in [1.82, 2.24) is 10.5 Å². The number of nitrogens with zero attached hydrogens (tertiary/aromatic N) is 3. The minimum Gasteiger partial charge on any atom is -0.749 e. The summed E-state index contributed by atoms with van der Waals surface area (Å²) >= 11 is 0. The first-order valence-electron chi connectivity index (χ1n) is 2.07. The molecule has 0 radical (unpaired) electrons. The zero-order chi connectivity index (χ0) is 6.57. The van der Waals surface area contributed by atoms with Gasteiger partial charge in [-0.15, -0.1) is 0 Å². The lowest BCUT2D eigenvalue weighted by atomic mass is 11.3. The third kappa shape index (κ3) is 2.20. The van der Waals surface area contributed by atoms with Gasteiger partial charge in [-0.25, -0.2) is 5.34 Å². The molecule has 0 aliphatic heterocycles. The smallest absolute Gasteiger partial charge is 0.0578 e. The molecule has 0 rings (SSSR count). The van der Waals surface area contributed by atoms with E-state index in [-0.39, 0.29) is 5.34 Å². The Hall–Kier alpha value is -0.200. The monoisotopic (exact) mass is 119 g/mol. The van der Waals surface area contributed by atoms with Gasteiger partial charge in [-0.05, 0) is 7.05 Å². The van der Waals surface area contributed by atoms with Gasteiger partial charge in [0, 0.05) is 0 Å². The van der Waals surface area contributed by atoms with Crippen molar-refractivity contribution in [2.24, 2.45) is 0 Å². The van der Waals surface area contributed by atoms with Crippen molar-refractivity contribution in [1.29, 1.82) is 0 Å². The molecule has 0 bridgehead atoms. The number of hydrogen-bond donors (Lipinski definition) is 0. The van der Waals surface area contributed by atoms with Gasteiger partial charge >= 0.3 is 0 Å². The molecule has 0 amide bonds. The molecule has 0 saturated carbocycles. The molecule has 8 heavy (non-hydrogen) atoms. The van der Waals surface area contributed by atoms with E-state index >= 15 is 0 Å². The van der Waals surface area contributed by atoms with Crippen molar-refractivity contribution in [3.8, 4) is 0 Å². The van der Waals surface area contributed by atoms with Crippen LogP contribution in [-0.4, -0.2) is 31.7 Å². The van der Waals surface area contributed by atoms with Gasteiger partial charge in [-0.3, -0.25) is 0 Å². The Morgan fingerprint density at radius 1 is 1.62 bits per heavy atom. The van der Waals surface area contributed by atoms with Crippen LogP contribution < -0.4 is 0 Å². The van der Waals surface area contributed by atoms with Gasteiger partial charge in [0.25, 0.3) is 0 Å². The highest BCUT2D eigenvalue weighted by atomic mass is 16.9. The SMILES string of the molecule is C[N-]N(C)N([O-])OC. The second-order valence-corrected chi connectivity index (χ2v) is 1.11. The molecule has 0 spiro atoms. The Morgan fingerprint density at radius 3 is 2.25 bits per heavy atom. The lowest BCUT2D eigenvalue weighted by Crippen LogP contribution is -2.29. The van der Waals surface area contributed by atoms with E-state index in [1.54, 1.807) is 0 Å². The topological polar surface area (TPSA) is 52.9 Å². The highest BCUT2D eigenvalue weighted by Crippen LogP contribution is 1.94. The largest absolute Gasteiger partial charge is 0.749 e. The summed E-state index contributed by atoms with van der Waals surface area (Å²) in [5.41, 5.74) is 3.48. The molecule has 0 aromatic carbocycles. The van der Waals surface area contributed by atoms with Gasteiger partial charge < -0.3 is 20.6 Å². The van der Waals surface area contributed by atoms with E-state index in [9.17, 15) is 5.21 Å². The lowest BCUT2D eigenvalue weighted by molar-refractivity contribution is -0.205. The molecule has 5 nitrogen and oxygen atoms in total. The Labute approximate surface area is 48.3 Å². The van der Waals surface area contributed by atoms with E-state index in [4.69, 9.17) is 0 Å². The molecule has 0 fully saturated rings. The van der Waals surface area contributed by atoms with E-state index in [1.807, 2.05) is 0 Å². The molecular weight excluding hydrogens is 110 g/mol. The molecule has 0 saturated heterocycles. The van der Waals surface area contributed by atoms with Crippen LogP contribution in [0.1, 0.15) is 0 Å². The van der Waals surface area contributed by atoms with Crippen LogP contribution in [0.3, 0.4) is 0 Å². The van der Waals surface area contributed by atoms with Crippen molar-refractivity contribution in [2.45, 2.75) is 0 Å². The fraction of sp³-hybridized carbons (Fsp3) is 1.00. The maximum atomic E-state index is 10.3. The van der Waals surface area contributed by atoms with Gasteiger partial charge in [0.05, 0.1) is 7.11 Å². The second-order valence-electron chi connectivity index (χ2n) is 1.11. The van der Waals surface area contributed by atoms with Crippen molar-refractivity contribution < 1.29 is 4.84 Å². The predicted molar refractivity (Wildman–Crippen MR) is 29.3 cm³/mol. The first-order valence-corrected chi connectivity index (χ1v) is 2.07. The van der Waals surface area contributed by atoms with Gasteiger partial charge in [-0.1, -0.05) is 0 Å². The second kappa shape index (κ2) is 3.76. The maximum absolute atomic E-state index is 10.3. The summed E-state index contributed by atoms with van der Waals surface area (Å²) in [7, 11) is 4.25. The molecule has 0 aliphatic rings. The fourth-order valence-corrected chi connectivity index (χ4v) is 0.191. The standard InChI is InChI=1S/C3H9N3O2/c1-4-5(2)6(7)8-3/h1-3H3/q-2. The van der Waals surface area contributed by atoms with Crippen LogP contribution in [-0.2, 0) is 4.84 Å². The van der Waals surface area contributed by atoms with Crippen LogP contribution in [0.25, 0.3) is 5.43 Å². The zero-order valence-corrected chi connectivity index (χ0v) is 5.16. The van der Waals surface area contributed by atoms with E-state index < -0.39 is 0 Å². The van der Waals surface area contributed by atoms with E-state index in [2.05, 4.69) is 10.3 Å². The summed E-state index contributed by atoms with van der Waals surface area (Å²) in [4.78, 5) is 4.21. The van der Waals surface area contributed by atoms with Gasteiger partial charge in [0.2, 0.25) is 0 Å². The molecule has 0 aromatic heterocycles. The van der Waals surface area contributed by atoms with Crippen LogP contribution >= 0.6 is 0 Å². The first kappa shape index (κ1) is 7.80. The number of rotatable bonds is 3. The van der Waals surface area contributed by atoms with Crippen molar-refractivity contribution >= 4 is 0 Å². The quantitative estimate of drug-likeness (QED) is 0.495. The van der Waals surface area contributed by atoms with Gasteiger partial charge in [0.15, 0.2) is 0 Å². The minimum absolute atomic E-state index is 0.264. The predicted octanol–water partition coefficient (Wildman–Crippen LogP) is 0.113. The summed E-state index contributed by atoms with van der Waals surface area (Å²) < 4.78 is 0. The first-order chi connectivity index (χ1) is 3.72. The molecule has 0 N–H and O–H groups in total. The Bertz CT molecular complexity index is 52.5. The minimum atomic E-state index is 0.264. The summed E-state index contributed by atoms with van der Waals surface area (Å²) in [6.07, 6.45) is 0. The molecular formula is C3H9N3O2-2. The molecule has 0 atom stereocenters. The third-order valence-corrected chi connectivity index (χ3v) is 0.682. The van der Waals surface area contributed by atoms with Crippen molar-refractivity contribution in [3.63, 3.8) is 0 Å². The number of hydrazine groups is 1. The molecule has 0 aliphatic carbocycles. The highest BCUT2D eigenvalue weighted by Gasteiger charge is 1.80. The van der Waals surface area contributed by atoms with Crippen LogP contribution in [0.5, 0.6) is 0 Å². The van der Waals surface area contributed by atoms with Crippen LogP contribution in [0.4, 0.5) is 0 Å². The summed E-state index contributed by atoms with van der Waals surface area (Å²) in [6.45, 7) is 0. The van der Waals surface area contributed by atoms with E-state index in [0.29, 0.717) is 0 Å². The summed E-state index contributed by atoms with van der Waals surface area (Å²) in [5.74, 6) is 0. The lowest BCUT2D eigenvalue weighted by Gasteiger charge is -2.42. The molecule has 0 unspecified atom stereocenters. The zero-order valence-electron chi connectivity index (χ0n) is 5.16. The van der Waals surface area contributed by atoms with Crippen molar-refractivity contribution in [2.75, 3.05) is 21.2 Å². The van der Waals surface area contributed by atoms with E-state index in [1.165, 1.54) is 21.2 Å². The molecule has 5 heteroatoms. The number of hydrogen-bond acceptors (Lipinski definition) is 4. The van der Waals surface area contributed by atoms with Gasteiger partial charge in [0.1, 0.15) is 0 Å². The summed E-state index contributed by atoms with van der Waals surface area (Å²) in [5, 5.41) is 11.6. The Balaban J connectivity index is 3.29. The molecule has 0 aromatic rings. The average molecular weight is 119 g/mol. The Kier molecular flexibility index (Phi) is 3.67. The van der Waals surface area contributed by atoms with Crippen LogP contribution in [0, 0.1) is 5.21 Å². The summed E-state index contributed by atoms with van der Waals surface area (Å²) in [6, 6.07) is 0. The third-order valence-electron chi connectivity index (χ3n) is 0.682. The van der Waals surface area contributed by atoms with Crippen LogP contribution in [0.2, 0.25) is 0 Å². The highest BCUT2D eigenvalue weighted by molar-refractivity contribution is 4.57. The molecule has 50 valence electrons. The van der Waals surface area contributed by atoms with Crippen LogP contribution in [0.15, 0.2) is 0 Å². The normalized spacial score (nSPS) is 11.2. The molecule has 0 heterocycles. The average Bonchev–Trinajstić information content (AvgIpc) is 1.84. The van der Waals surface area contributed by atoms with E-state index in [0.717, 1.165) is 5.12 Å². The van der Waals surface area contributed by atoms with Gasteiger partial charge in [-0.2, -0.15) is 7.05 Å². The maximum Gasteiger partial charge on any atom is 0.0578 e.